The molecular weight excluding hydrogens is 306 g/mol. The smallest absolute Gasteiger partial charge is 0.234 e. The third-order valence-electron chi connectivity index (χ3n) is 3.70. The van der Waals surface area contributed by atoms with Crippen molar-refractivity contribution in [1.82, 2.24) is 24.3 Å². The summed E-state index contributed by atoms with van der Waals surface area (Å²) in [4.78, 5) is 17.6. The molecule has 0 saturated carbocycles. The molecule has 0 amide bonds. The monoisotopic (exact) mass is 321 g/mol. The first-order valence-corrected chi connectivity index (χ1v) is 7.45. The van der Waals surface area contributed by atoms with E-state index in [1.165, 1.54) is 0 Å². The fraction of sp³-hybridized carbons (Fsp3) is 0.176. The molecule has 0 saturated heterocycles. The quantitative estimate of drug-likeness (QED) is 0.624. The van der Waals surface area contributed by atoms with Gasteiger partial charge in [-0.05, 0) is 32.0 Å². The van der Waals surface area contributed by atoms with Crippen LogP contribution in [0.4, 0.5) is 0 Å². The molecule has 0 unspecified atom stereocenters. The summed E-state index contributed by atoms with van der Waals surface area (Å²) < 4.78 is 6.91. The van der Waals surface area contributed by atoms with E-state index in [2.05, 4.69) is 19.9 Å². The molecule has 4 aromatic heterocycles. The minimum absolute atomic E-state index is 0.507. The fourth-order valence-electron chi connectivity index (χ4n) is 2.43. The summed E-state index contributed by atoms with van der Waals surface area (Å²) in [5, 5.41) is 10.1. The molecule has 0 aliphatic carbocycles. The van der Waals surface area contributed by atoms with Gasteiger partial charge in [-0.2, -0.15) is 0 Å². The average molecular weight is 321 g/mol. The van der Waals surface area contributed by atoms with Gasteiger partial charge in [-0.25, -0.2) is 19.9 Å². The molecule has 1 N–H and O–H groups in total. The Morgan fingerprint density at radius 3 is 2.75 bits per heavy atom. The molecule has 0 spiro atoms. The highest BCUT2D eigenvalue weighted by Gasteiger charge is 2.19. The minimum atomic E-state index is -1.02. The summed E-state index contributed by atoms with van der Waals surface area (Å²) in [7, 11) is 0. The fourth-order valence-corrected chi connectivity index (χ4v) is 2.43. The topological polar surface area (TPSA) is 89.3 Å². The minimum Gasteiger partial charge on any atom is -0.472 e. The van der Waals surface area contributed by atoms with Crippen LogP contribution in [0, 0.1) is 0 Å². The van der Waals surface area contributed by atoms with E-state index < -0.39 is 5.60 Å². The van der Waals surface area contributed by atoms with Gasteiger partial charge in [0.25, 0.3) is 0 Å². The number of nitrogens with zero attached hydrogens (tertiary/aromatic N) is 5. The Bertz CT molecular complexity index is 999. The summed E-state index contributed by atoms with van der Waals surface area (Å²) in [6.07, 6.45) is 8.42. The van der Waals surface area contributed by atoms with Crippen molar-refractivity contribution in [2.24, 2.45) is 0 Å². The number of aromatic nitrogens is 5. The highest BCUT2D eigenvalue weighted by molar-refractivity contribution is 5.62. The van der Waals surface area contributed by atoms with E-state index in [1.54, 1.807) is 44.8 Å². The maximum Gasteiger partial charge on any atom is 0.234 e. The first-order chi connectivity index (χ1) is 11.5. The maximum absolute atomic E-state index is 10.1. The van der Waals surface area contributed by atoms with Crippen LogP contribution in [-0.2, 0) is 5.60 Å². The van der Waals surface area contributed by atoms with Crippen LogP contribution in [-0.4, -0.2) is 29.4 Å². The molecule has 0 atom stereocenters. The zero-order valence-electron chi connectivity index (χ0n) is 13.2. The van der Waals surface area contributed by atoms with Gasteiger partial charge in [0.15, 0.2) is 5.82 Å². The van der Waals surface area contributed by atoms with Crippen LogP contribution < -0.4 is 0 Å². The van der Waals surface area contributed by atoms with Crippen molar-refractivity contribution in [3.8, 4) is 22.8 Å². The predicted octanol–water partition coefficient (Wildman–Crippen LogP) is 2.67. The Morgan fingerprint density at radius 1 is 1.12 bits per heavy atom. The molecule has 24 heavy (non-hydrogen) atoms. The number of aliphatic hydroxyl groups is 1. The van der Waals surface area contributed by atoms with Gasteiger partial charge in [-0.1, -0.05) is 0 Å². The Balaban J connectivity index is 1.81. The van der Waals surface area contributed by atoms with Gasteiger partial charge in [-0.3, -0.25) is 4.40 Å². The molecular formula is C17H15N5O2. The molecule has 0 radical (unpaired) electrons. The average Bonchev–Trinajstić information content (AvgIpc) is 3.23. The van der Waals surface area contributed by atoms with E-state index in [-0.39, 0.29) is 0 Å². The van der Waals surface area contributed by atoms with E-state index in [0.717, 1.165) is 17.0 Å². The lowest BCUT2D eigenvalue weighted by molar-refractivity contribution is 0.0739. The van der Waals surface area contributed by atoms with Gasteiger partial charge in [0, 0.05) is 12.4 Å². The molecule has 7 nitrogen and oxygen atoms in total. The highest BCUT2D eigenvalue weighted by atomic mass is 16.3. The van der Waals surface area contributed by atoms with Gasteiger partial charge < -0.3 is 9.52 Å². The van der Waals surface area contributed by atoms with Crippen LogP contribution >= 0.6 is 0 Å². The zero-order chi connectivity index (χ0) is 16.7. The van der Waals surface area contributed by atoms with Gasteiger partial charge >= 0.3 is 0 Å². The van der Waals surface area contributed by atoms with Crippen LogP contribution in [0.25, 0.3) is 28.6 Å². The second-order valence-electron chi connectivity index (χ2n) is 5.96. The van der Waals surface area contributed by atoms with Crippen molar-refractivity contribution in [3.05, 3.63) is 55.0 Å². The predicted molar refractivity (Wildman–Crippen MR) is 87.0 cm³/mol. The van der Waals surface area contributed by atoms with Crippen molar-refractivity contribution < 1.29 is 9.52 Å². The number of rotatable bonds is 3. The molecule has 0 fully saturated rings. The third-order valence-corrected chi connectivity index (χ3v) is 3.70. The first-order valence-electron chi connectivity index (χ1n) is 7.45. The van der Waals surface area contributed by atoms with Crippen molar-refractivity contribution >= 4 is 5.78 Å². The Labute approximate surface area is 137 Å². The summed E-state index contributed by atoms with van der Waals surface area (Å²) in [5.41, 5.74) is 1.89. The summed E-state index contributed by atoms with van der Waals surface area (Å²) in [5.74, 6) is 1.09. The highest BCUT2D eigenvalue weighted by Crippen LogP contribution is 2.23. The van der Waals surface area contributed by atoms with Crippen molar-refractivity contribution in [2.45, 2.75) is 19.4 Å². The van der Waals surface area contributed by atoms with E-state index >= 15 is 0 Å². The second kappa shape index (κ2) is 5.24. The van der Waals surface area contributed by atoms with Gasteiger partial charge in [0.05, 0.1) is 35.1 Å². The number of hydrogen-bond acceptors (Lipinski definition) is 6. The largest absolute Gasteiger partial charge is 0.472 e. The van der Waals surface area contributed by atoms with Crippen LogP contribution in [0.3, 0.4) is 0 Å². The number of fused-ring (bicyclic) bond motifs is 1. The van der Waals surface area contributed by atoms with Crippen molar-refractivity contribution in [2.75, 3.05) is 0 Å². The Morgan fingerprint density at radius 2 is 2.00 bits per heavy atom. The van der Waals surface area contributed by atoms with Crippen LogP contribution in [0.15, 0.2) is 53.7 Å². The molecule has 0 aliphatic heterocycles. The van der Waals surface area contributed by atoms with Crippen molar-refractivity contribution in [1.29, 1.82) is 0 Å². The van der Waals surface area contributed by atoms with Crippen LogP contribution in [0.5, 0.6) is 0 Å². The zero-order valence-corrected chi connectivity index (χ0v) is 13.2. The van der Waals surface area contributed by atoms with E-state index in [9.17, 15) is 5.11 Å². The molecule has 0 bridgehead atoms. The third kappa shape index (κ3) is 2.44. The molecule has 4 aromatic rings. The summed E-state index contributed by atoms with van der Waals surface area (Å²) in [6, 6.07) is 5.40. The molecule has 0 aliphatic rings. The van der Waals surface area contributed by atoms with Crippen LogP contribution in [0.2, 0.25) is 0 Å². The lowest BCUT2D eigenvalue weighted by Crippen LogP contribution is -2.18. The number of hydrogen-bond donors (Lipinski definition) is 1. The molecule has 4 heterocycles. The Hall–Kier alpha value is -3.06. The summed E-state index contributed by atoms with van der Waals surface area (Å²) in [6.45, 7) is 3.38. The van der Waals surface area contributed by atoms with Gasteiger partial charge in [0.2, 0.25) is 5.78 Å². The number of furan rings is 1. The molecule has 4 rings (SSSR count). The molecule has 120 valence electrons. The lowest BCUT2D eigenvalue weighted by Gasteiger charge is -2.16. The first kappa shape index (κ1) is 14.5. The van der Waals surface area contributed by atoms with E-state index in [1.807, 2.05) is 22.7 Å². The summed E-state index contributed by atoms with van der Waals surface area (Å²) >= 11 is 0. The van der Waals surface area contributed by atoms with E-state index in [4.69, 9.17) is 4.42 Å². The SMILES string of the molecule is CC(C)(O)c1ccn2c(-c3ccnc(-c4ccoc4)n3)cnc2n1. The van der Waals surface area contributed by atoms with Gasteiger partial charge in [-0.15, -0.1) is 0 Å². The van der Waals surface area contributed by atoms with Crippen LogP contribution in [0.1, 0.15) is 19.5 Å². The normalized spacial score (nSPS) is 12.0. The van der Waals surface area contributed by atoms with Gasteiger partial charge in [0.1, 0.15) is 11.9 Å². The maximum atomic E-state index is 10.1. The Kier molecular flexibility index (Phi) is 3.17. The van der Waals surface area contributed by atoms with Crippen molar-refractivity contribution in [3.63, 3.8) is 0 Å². The lowest BCUT2D eigenvalue weighted by atomic mass is 10.1. The van der Waals surface area contributed by atoms with E-state index in [0.29, 0.717) is 17.3 Å². The molecule has 7 heteroatoms. The standard InChI is InChI=1S/C17H15N5O2/c1-17(2,23)14-4-7-22-13(9-19-16(22)21-14)12-3-6-18-15(20-12)11-5-8-24-10-11/h3-10,23H,1-2H3. The number of imidazole rings is 1. The second-order valence-corrected chi connectivity index (χ2v) is 5.96. The molecule has 0 aromatic carbocycles.